The molecule has 0 saturated carbocycles. The van der Waals surface area contributed by atoms with E-state index in [0.717, 1.165) is 22.8 Å². The van der Waals surface area contributed by atoms with Crippen molar-refractivity contribution in [1.29, 1.82) is 0 Å². The van der Waals surface area contributed by atoms with Crippen LogP contribution in [0.15, 0.2) is 35.2 Å². The Balaban J connectivity index is 2.16. The number of nitrogens with one attached hydrogen (secondary N) is 1. The molecule has 1 aromatic heterocycles. The van der Waals surface area contributed by atoms with E-state index >= 15 is 0 Å². The predicted octanol–water partition coefficient (Wildman–Crippen LogP) is 4.35. The summed E-state index contributed by atoms with van der Waals surface area (Å²) in [6.45, 7) is 7.29. The second kappa shape index (κ2) is 6.77. The molecule has 2 nitrogen and oxygen atoms in total. The number of thiazole rings is 1. The Labute approximate surface area is 123 Å². The summed E-state index contributed by atoms with van der Waals surface area (Å²) in [6.07, 6.45) is 2.09. The number of benzene rings is 1. The summed E-state index contributed by atoms with van der Waals surface area (Å²) in [5.74, 6) is -0.222. The molecule has 0 amide bonds. The molecular formula is C16H19FN2S. The maximum Gasteiger partial charge on any atom is 0.124 e. The Morgan fingerprint density at radius 2 is 2.10 bits per heavy atom. The summed E-state index contributed by atoms with van der Waals surface area (Å²) < 4.78 is 12.9. The Kier molecular flexibility index (Phi) is 5.04. The van der Waals surface area contributed by atoms with Crippen molar-refractivity contribution in [3.8, 4) is 10.6 Å². The molecule has 0 spiro atoms. The standard InChI is InChI=1S/C16H19FN2S/c1-4-18-12(3)11(2)9-15-10-20-16(19-15)13-5-7-14(17)8-6-13/h5-10,12,18H,4H2,1-3H3/b11-9+. The summed E-state index contributed by atoms with van der Waals surface area (Å²) in [4.78, 5) is 4.58. The van der Waals surface area contributed by atoms with Crippen LogP contribution in [0.1, 0.15) is 26.5 Å². The van der Waals surface area contributed by atoms with Gasteiger partial charge in [-0.05, 0) is 50.7 Å². The smallest absolute Gasteiger partial charge is 0.124 e. The fraction of sp³-hybridized carbons (Fsp3) is 0.312. The van der Waals surface area contributed by atoms with E-state index in [1.54, 1.807) is 23.5 Å². The average Bonchev–Trinajstić information content (AvgIpc) is 2.88. The van der Waals surface area contributed by atoms with Crippen molar-refractivity contribution >= 4 is 17.4 Å². The van der Waals surface area contributed by atoms with Gasteiger partial charge < -0.3 is 5.32 Å². The third-order valence-electron chi connectivity index (χ3n) is 3.18. The minimum atomic E-state index is -0.222. The van der Waals surface area contributed by atoms with Crippen LogP contribution in [0.5, 0.6) is 0 Å². The average molecular weight is 290 g/mol. The van der Waals surface area contributed by atoms with Crippen LogP contribution in [0.3, 0.4) is 0 Å². The molecule has 0 radical (unpaired) electrons. The summed E-state index contributed by atoms with van der Waals surface area (Å²) in [5.41, 5.74) is 3.16. The highest BCUT2D eigenvalue weighted by atomic mass is 32.1. The summed E-state index contributed by atoms with van der Waals surface area (Å²) >= 11 is 1.58. The van der Waals surface area contributed by atoms with Gasteiger partial charge in [0, 0.05) is 17.0 Å². The molecule has 1 unspecified atom stereocenters. The Hall–Kier alpha value is -1.52. The lowest BCUT2D eigenvalue weighted by Gasteiger charge is -2.12. The topological polar surface area (TPSA) is 24.9 Å². The Bertz CT molecular complexity index is 587. The first-order valence-corrected chi connectivity index (χ1v) is 7.61. The van der Waals surface area contributed by atoms with Crippen LogP contribution in [0, 0.1) is 5.82 Å². The van der Waals surface area contributed by atoms with Gasteiger partial charge in [-0.2, -0.15) is 0 Å². The van der Waals surface area contributed by atoms with Crippen LogP contribution >= 0.6 is 11.3 Å². The summed E-state index contributed by atoms with van der Waals surface area (Å²) in [5, 5.41) is 6.32. The van der Waals surface area contributed by atoms with E-state index in [4.69, 9.17) is 0 Å². The number of likely N-dealkylation sites (N-methyl/N-ethyl adjacent to an activating group) is 1. The monoisotopic (exact) mass is 290 g/mol. The lowest BCUT2D eigenvalue weighted by Crippen LogP contribution is -2.26. The SMILES string of the molecule is CCNC(C)/C(C)=C/c1csc(-c2ccc(F)cc2)n1. The molecule has 0 bridgehead atoms. The Morgan fingerprint density at radius 1 is 1.40 bits per heavy atom. The van der Waals surface area contributed by atoms with Gasteiger partial charge >= 0.3 is 0 Å². The summed E-state index contributed by atoms with van der Waals surface area (Å²) in [6, 6.07) is 6.79. The molecule has 20 heavy (non-hydrogen) atoms. The van der Waals surface area contributed by atoms with Crippen LogP contribution < -0.4 is 5.32 Å². The third-order valence-corrected chi connectivity index (χ3v) is 4.09. The van der Waals surface area contributed by atoms with E-state index < -0.39 is 0 Å². The molecule has 0 fully saturated rings. The second-order valence-corrected chi connectivity index (χ2v) is 5.61. The van der Waals surface area contributed by atoms with Gasteiger partial charge in [0.05, 0.1) is 5.69 Å². The zero-order chi connectivity index (χ0) is 14.5. The van der Waals surface area contributed by atoms with Crippen LogP contribution in [0.4, 0.5) is 4.39 Å². The maximum absolute atomic E-state index is 12.9. The molecule has 0 aliphatic heterocycles. The van der Waals surface area contributed by atoms with Crippen LogP contribution in [0.25, 0.3) is 16.6 Å². The molecule has 2 rings (SSSR count). The molecule has 4 heteroatoms. The van der Waals surface area contributed by atoms with E-state index in [9.17, 15) is 4.39 Å². The molecule has 1 aromatic carbocycles. The molecule has 2 aromatic rings. The van der Waals surface area contributed by atoms with E-state index in [0.29, 0.717) is 6.04 Å². The van der Waals surface area contributed by atoms with Crippen molar-refractivity contribution in [2.24, 2.45) is 0 Å². The fourth-order valence-electron chi connectivity index (χ4n) is 1.90. The minimum Gasteiger partial charge on any atom is -0.311 e. The predicted molar refractivity (Wildman–Crippen MR) is 84.3 cm³/mol. The second-order valence-electron chi connectivity index (χ2n) is 4.75. The van der Waals surface area contributed by atoms with Gasteiger partial charge in [-0.1, -0.05) is 12.5 Å². The van der Waals surface area contributed by atoms with Crippen molar-refractivity contribution in [3.63, 3.8) is 0 Å². The Morgan fingerprint density at radius 3 is 2.75 bits per heavy atom. The minimum absolute atomic E-state index is 0.222. The molecule has 1 atom stereocenters. The van der Waals surface area contributed by atoms with Gasteiger partial charge in [-0.15, -0.1) is 11.3 Å². The zero-order valence-corrected chi connectivity index (χ0v) is 12.8. The van der Waals surface area contributed by atoms with Crippen molar-refractivity contribution in [1.82, 2.24) is 10.3 Å². The molecular weight excluding hydrogens is 271 g/mol. The molecule has 1 N–H and O–H groups in total. The molecule has 0 saturated heterocycles. The van der Waals surface area contributed by atoms with Crippen molar-refractivity contribution in [3.05, 3.63) is 46.7 Å². The number of aromatic nitrogens is 1. The van der Waals surface area contributed by atoms with Gasteiger partial charge in [0.15, 0.2) is 0 Å². The van der Waals surface area contributed by atoms with E-state index in [2.05, 4.69) is 37.1 Å². The van der Waals surface area contributed by atoms with Gasteiger partial charge in [-0.3, -0.25) is 0 Å². The lowest BCUT2D eigenvalue weighted by molar-refractivity contribution is 0.628. The van der Waals surface area contributed by atoms with Crippen molar-refractivity contribution in [2.45, 2.75) is 26.8 Å². The van der Waals surface area contributed by atoms with Gasteiger partial charge in [0.2, 0.25) is 0 Å². The highest BCUT2D eigenvalue weighted by Gasteiger charge is 2.06. The number of halogens is 1. The lowest BCUT2D eigenvalue weighted by atomic mass is 10.1. The highest BCUT2D eigenvalue weighted by molar-refractivity contribution is 7.13. The third kappa shape index (κ3) is 3.74. The van der Waals surface area contributed by atoms with E-state index in [1.807, 2.05) is 5.38 Å². The fourth-order valence-corrected chi connectivity index (χ4v) is 2.69. The van der Waals surface area contributed by atoms with Crippen LogP contribution in [-0.4, -0.2) is 17.6 Å². The van der Waals surface area contributed by atoms with Gasteiger partial charge in [-0.25, -0.2) is 9.37 Å². The van der Waals surface area contributed by atoms with Gasteiger partial charge in [0.25, 0.3) is 0 Å². The molecule has 1 heterocycles. The first-order valence-electron chi connectivity index (χ1n) is 6.73. The number of rotatable bonds is 5. The normalized spacial score (nSPS) is 13.5. The van der Waals surface area contributed by atoms with Gasteiger partial charge in [0.1, 0.15) is 10.8 Å². The molecule has 0 aliphatic rings. The largest absolute Gasteiger partial charge is 0.311 e. The maximum atomic E-state index is 12.9. The number of hydrogen-bond donors (Lipinski definition) is 1. The van der Waals surface area contributed by atoms with Crippen LogP contribution in [0.2, 0.25) is 0 Å². The van der Waals surface area contributed by atoms with E-state index in [-0.39, 0.29) is 5.82 Å². The van der Waals surface area contributed by atoms with E-state index in [1.165, 1.54) is 17.7 Å². The quantitative estimate of drug-likeness (QED) is 0.885. The zero-order valence-electron chi connectivity index (χ0n) is 12.0. The van der Waals surface area contributed by atoms with Crippen LogP contribution in [-0.2, 0) is 0 Å². The molecule has 0 aliphatic carbocycles. The molecule has 106 valence electrons. The number of nitrogens with zero attached hydrogens (tertiary/aromatic N) is 1. The summed E-state index contributed by atoms with van der Waals surface area (Å²) in [7, 11) is 0. The number of hydrogen-bond acceptors (Lipinski definition) is 3. The first-order chi connectivity index (χ1) is 9.60. The first kappa shape index (κ1) is 14.9. The van der Waals surface area contributed by atoms with Crippen molar-refractivity contribution < 1.29 is 4.39 Å². The van der Waals surface area contributed by atoms with Crippen molar-refractivity contribution in [2.75, 3.05) is 6.54 Å². The highest BCUT2D eigenvalue weighted by Crippen LogP contribution is 2.25.